The molecule has 1 amide bonds. The van der Waals surface area contributed by atoms with E-state index in [0.29, 0.717) is 30.1 Å². The van der Waals surface area contributed by atoms with Gasteiger partial charge in [0.25, 0.3) is 5.91 Å². The van der Waals surface area contributed by atoms with Gasteiger partial charge in [0.1, 0.15) is 16.0 Å². The average Bonchev–Trinajstić information content (AvgIpc) is 2.77. The number of rotatable bonds is 7. The Morgan fingerprint density at radius 3 is 2.54 bits per heavy atom. The van der Waals surface area contributed by atoms with Crippen molar-refractivity contribution in [2.45, 2.75) is 25.7 Å². The first-order chi connectivity index (χ1) is 11.4. The monoisotopic (exact) mass is 371 g/mol. The smallest absolute Gasteiger partial charge is 0.303 e. The predicted octanol–water partition coefficient (Wildman–Crippen LogP) is 3.81. The van der Waals surface area contributed by atoms with Gasteiger partial charge < -0.3 is 5.11 Å². The summed E-state index contributed by atoms with van der Waals surface area (Å²) in [6.07, 6.45) is 3.06. The largest absolute Gasteiger partial charge is 0.481 e. The van der Waals surface area contributed by atoms with Crippen molar-refractivity contribution < 1.29 is 23.5 Å². The zero-order chi connectivity index (χ0) is 17.7. The number of halogens is 2. The van der Waals surface area contributed by atoms with Gasteiger partial charge in [0.05, 0.1) is 4.91 Å². The molecular formula is C16H15F2NO3S2. The third-order valence-corrected chi connectivity index (χ3v) is 4.80. The summed E-state index contributed by atoms with van der Waals surface area (Å²) in [5, 5.41) is 8.57. The van der Waals surface area contributed by atoms with Crippen molar-refractivity contribution in [2.75, 3.05) is 6.54 Å². The molecule has 2 rings (SSSR count). The Morgan fingerprint density at radius 1 is 1.25 bits per heavy atom. The number of hydrogen-bond acceptors (Lipinski definition) is 4. The van der Waals surface area contributed by atoms with Gasteiger partial charge in [-0.05, 0) is 31.1 Å². The molecule has 128 valence electrons. The number of amides is 1. The number of carboxylic acids is 1. The average molecular weight is 371 g/mol. The molecule has 1 N–H and O–H groups in total. The second kappa shape index (κ2) is 8.34. The molecule has 0 atom stereocenters. The van der Waals surface area contributed by atoms with Gasteiger partial charge in [-0.1, -0.05) is 36.5 Å². The molecule has 0 spiro atoms. The summed E-state index contributed by atoms with van der Waals surface area (Å²) in [5.41, 5.74) is -0.264. The quantitative estimate of drug-likeness (QED) is 0.449. The Labute approximate surface area is 147 Å². The highest BCUT2D eigenvalue weighted by Gasteiger charge is 2.31. The second-order valence-corrected chi connectivity index (χ2v) is 6.85. The van der Waals surface area contributed by atoms with Crippen molar-refractivity contribution in [2.24, 2.45) is 0 Å². The molecule has 24 heavy (non-hydrogen) atoms. The lowest BCUT2D eigenvalue weighted by molar-refractivity contribution is -0.137. The fraction of sp³-hybridized carbons (Fsp3) is 0.312. The summed E-state index contributed by atoms with van der Waals surface area (Å²) >= 11 is 6.15. The van der Waals surface area contributed by atoms with E-state index in [2.05, 4.69) is 0 Å². The number of unbranched alkanes of at least 4 members (excludes halogenated alkanes) is 2. The Bertz CT molecular complexity index is 686. The topological polar surface area (TPSA) is 57.6 Å². The highest BCUT2D eigenvalue weighted by molar-refractivity contribution is 8.26. The minimum absolute atomic E-state index is 0.0882. The van der Waals surface area contributed by atoms with Crippen LogP contribution in [0.1, 0.15) is 31.2 Å². The minimum Gasteiger partial charge on any atom is -0.481 e. The van der Waals surface area contributed by atoms with Crippen molar-refractivity contribution in [3.05, 3.63) is 40.3 Å². The Balaban J connectivity index is 2.01. The van der Waals surface area contributed by atoms with Crippen molar-refractivity contribution in [1.82, 2.24) is 4.90 Å². The lowest BCUT2D eigenvalue weighted by Crippen LogP contribution is -2.29. The van der Waals surface area contributed by atoms with E-state index in [1.54, 1.807) is 0 Å². The molecule has 0 aromatic heterocycles. The van der Waals surface area contributed by atoms with Gasteiger partial charge in [-0.15, -0.1) is 0 Å². The predicted molar refractivity (Wildman–Crippen MR) is 92.3 cm³/mol. The molecule has 0 bridgehead atoms. The first-order valence-electron chi connectivity index (χ1n) is 7.31. The zero-order valence-electron chi connectivity index (χ0n) is 12.6. The molecule has 1 heterocycles. The number of aliphatic carboxylic acids is 1. The summed E-state index contributed by atoms with van der Waals surface area (Å²) in [4.78, 5) is 24.3. The number of thiocarbonyl (C=S) groups is 1. The Morgan fingerprint density at radius 2 is 1.92 bits per heavy atom. The van der Waals surface area contributed by atoms with E-state index in [1.807, 2.05) is 0 Å². The number of carbonyl (C=O) groups excluding carboxylic acids is 1. The number of carbonyl (C=O) groups is 2. The highest BCUT2D eigenvalue weighted by atomic mass is 32.2. The van der Waals surface area contributed by atoms with Crippen LogP contribution in [-0.4, -0.2) is 32.7 Å². The summed E-state index contributed by atoms with van der Waals surface area (Å²) < 4.78 is 27.7. The molecule has 0 unspecified atom stereocenters. The summed E-state index contributed by atoms with van der Waals surface area (Å²) in [6, 6.07) is 3.50. The number of nitrogens with zero attached hydrogens (tertiary/aromatic N) is 1. The number of thioether (sulfide) groups is 1. The van der Waals surface area contributed by atoms with Crippen LogP contribution in [0.25, 0.3) is 6.08 Å². The van der Waals surface area contributed by atoms with Crippen LogP contribution in [0.3, 0.4) is 0 Å². The first-order valence-corrected chi connectivity index (χ1v) is 8.54. The SMILES string of the molecule is O=C(O)CCCCCN1C(=O)/C(=C\c2c(F)cccc2F)SC1=S. The van der Waals surface area contributed by atoms with Crippen LogP contribution in [-0.2, 0) is 9.59 Å². The van der Waals surface area contributed by atoms with Gasteiger partial charge in [-0.2, -0.15) is 0 Å². The maximum atomic E-state index is 13.7. The van der Waals surface area contributed by atoms with E-state index in [-0.39, 0.29) is 22.8 Å². The summed E-state index contributed by atoms with van der Waals surface area (Å²) in [6.45, 7) is 0.362. The zero-order valence-corrected chi connectivity index (χ0v) is 14.3. The van der Waals surface area contributed by atoms with Crippen LogP contribution in [0, 0.1) is 11.6 Å². The lowest BCUT2D eigenvalue weighted by atomic mass is 10.1. The van der Waals surface area contributed by atoms with Gasteiger partial charge in [0, 0.05) is 18.5 Å². The molecule has 1 saturated heterocycles. The third kappa shape index (κ3) is 4.61. The molecule has 1 aromatic carbocycles. The molecule has 1 aliphatic heterocycles. The van der Waals surface area contributed by atoms with Crippen LogP contribution in [0.4, 0.5) is 8.78 Å². The molecule has 1 aliphatic rings. The fourth-order valence-corrected chi connectivity index (χ4v) is 3.49. The van der Waals surface area contributed by atoms with Crippen LogP contribution < -0.4 is 0 Å². The van der Waals surface area contributed by atoms with E-state index in [0.717, 1.165) is 23.9 Å². The van der Waals surface area contributed by atoms with E-state index >= 15 is 0 Å². The van der Waals surface area contributed by atoms with Gasteiger partial charge in [-0.3, -0.25) is 14.5 Å². The molecular weight excluding hydrogens is 356 g/mol. The lowest BCUT2D eigenvalue weighted by Gasteiger charge is -2.13. The molecule has 1 fully saturated rings. The normalized spacial score (nSPS) is 16.2. The summed E-state index contributed by atoms with van der Waals surface area (Å²) in [5.74, 6) is -2.72. The highest BCUT2D eigenvalue weighted by Crippen LogP contribution is 2.33. The molecule has 0 aliphatic carbocycles. The van der Waals surface area contributed by atoms with Crippen molar-refractivity contribution in [1.29, 1.82) is 0 Å². The van der Waals surface area contributed by atoms with Crippen LogP contribution in [0.2, 0.25) is 0 Å². The van der Waals surface area contributed by atoms with E-state index < -0.39 is 17.6 Å². The first kappa shape index (κ1) is 18.5. The molecule has 4 nitrogen and oxygen atoms in total. The maximum Gasteiger partial charge on any atom is 0.303 e. The number of carboxylic acid groups (broad SMARTS) is 1. The van der Waals surface area contributed by atoms with Crippen molar-refractivity contribution in [3.63, 3.8) is 0 Å². The second-order valence-electron chi connectivity index (χ2n) is 5.17. The van der Waals surface area contributed by atoms with E-state index in [9.17, 15) is 18.4 Å². The van der Waals surface area contributed by atoms with Gasteiger partial charge in [0.2, 0.25) is 0 Å². The number of benzene rings is 1. The van der Waals surface area contributed by atoms with E-state index in [4.69, 9.17) is 17.3 Å². The van der Waals surface area contributed by atoms with Gasteiger partial charge in [-0.25, -0.2) is 8.78 Å². The van der Waals surface area contributed by atoms with Crippen molar-refractivity contribution in [3.8, 4) is 0 Å². The molecule has 0 radical (unpaired) electrons. The standard InChI is InChI=1S/C16H15F2NO3S2/c17-11-5-4-6-12(18)10(11)9-13-15(22)19(16(23)24-13)8-3-1-2-7-14(20)21/h4-6,9H,1-3,7-8H2,(H,20,21)/b13-9+. The molecule has 0 saturated carbocycles. The molecule has 8 heteroatoms. The number of hydrogen-bond donors (Lipinski definition) is 1. The molecule has 1 aromatic rings. The van der Waals surface area contributed by atoms with E-state index in [1.165, 1.54) is 17.0 Å². The third-order valence-electron chi connectivity index (χ3n) is 3.42. The minimum atomic E-state index is -0.851. The Hall–Kier alpha value is -1.80. The fourth-order valence-electron chi connectivity index (χ4n) is 2.20. The maximum absolute atomic E-state index is 13.7. The van der Waals surface area contributed by atoms with Crippen molar-refractivity contribution >= 4 is 46.3 Å². The van der Waals surface area contributed by atoms with Crippen LogP contribution >= 0.6 is 24.0 Å². The van der Waals surface area contributed by atoms with Gasteiger partial charge in [0.15, 0.2) is 0 Å². The Kier molecular flexibility index (Phi) is 6.44. The van der Waals surface area contributed by atoms with Crippen LogP contribution in [0.15, 0.2) is 23.1 Å². The van der Waals surface area contributed by atoms with Gasteiger partial charge >= 0.3 is 5.97 Å². The summed E-state index contributed by atoms with van der Waals surface area (Å²) in [7, 11) is 0. The van der Waals surface area contributed by atoms with Crippen LogP contribution in [0.5, 0.6) is 0 Å².